The van der Waals surface area contributed by atoms with Crippen LogP contribution in [-0.2, 0) is 10.8 Å². The zero-order chi connectivity index (χ0) is 15.5. The van der Waals surface area contributed by atoms with Crippen LogP contribution in [0.25, 0.3) is 11.0 Å². The van der Waals surface area contributed by atoms with Gasteiger partial charge in [0, 0.05) is 17.9 Å². The van der Waals surface area contributed by atoms with Gasteiger partial charge in [0.15, 0.2) is 0 Å². The lowest BCUT2D eigenvalue weighted by Gasteiger charge is -2.21. The summed E-state index contributed by atoms with van der Waals surface area (Å²) in [4.78, 5) is 18.8. The van der Waals surface area contributed by atoms with Gasteiger partial charge in [-0.05, 0) is 37.9 Å². The third-order valence-corrected chi connectivity index (χ3v) is 5.17. The summed E-state index contributed by atoms with van der Waals surface area (Å²) >= 11 is 0. The highest BCUT2D eigenvalue weighted by atomic mass is 32.2. The van der Waals surface area contributed by atoms with Gasteiger partial charge in [0.05, 0.1) is 33.0 Å². The van der Waals surface area contributed by atoms with E-state index in [0.717, 1.165) is 25.9 Å². The summed E-state index contributed by atoms with van der Waals surface area (Å²) in [5, 5.41) is 14.5. The Morgan fingerprint density at radius 3 is 3.00 bits per heavy atom. The van der Waals surface area contributed by atoms with Gasteiger partial charge >= 0.3 is 0 Å². The van der Waals surface area contributed by atoms with Gasteiger partial charge in [-0.1, -0.05) is 0 Å². The number of nitrogens with one attached hydrogen (secondary N) is 1. The summed E-state index contributed by atoms with van der Waals surface area (Å²) in [6.07, 6.45) is 3.64. The summed E-state index contributed by atoms with van der Waals surface area (Å²) in [7, 11) is -1.20. The van der Waals surface area contributed by atoms with Crippen molar-refractivity contribution in [1.82, 2.24) is 15.3 Å². The van der Waals surface area contributed by atoms with Crippen molar-refractivity contribution in [3.63, 3.8) is 0 Å². The minimum absolute atomic E-state index is 0.0241. The Bertz CT molecular complexity index is 731. The zero-order valence-corrected chi connectivity index (χ0v) is 12.7. The average Bonchev–Trinajstić information content (AvgIpc) is 2.54. The minimum Gasteiger partial charge on any atom is -0.316 e. The highest BCUT2D eigenvalue weighted by molar-refractivity contribution is 7.84. The lowest BCUT2D eigenvalue weighted by atomic mass is 10.0. The molecule has 1 aromatic heterocycles. The van der Waals surface area contributed by atoms with Crippen LogP contribution in [0.1, 0.15) is 12.8 Å². The molecule has 1 fully saturated rings. The fourth-order valence-corrected chi connectivity index (χ4v) is 3.82. The van der Waals surface area contributed by atoms with Gasteiger partial charge in [-0.2, -0.15) is 0 Å². The number of nitrogens with zero attached hydrogens (tertiary/aromatic N) is 3. The standard InChI is InChI=1S/C14H16N4O3S/c19-18(20)11-3-4-12-13(6-11)16-8-14(17-12)22(21)9-10-2-1-5-15-7-10/h3-4,6,8,10,15H,1-2,5,7,9H2/t10-,22+/m1/s1. The molecular weight excluding hydrogens is 304 g/mol. The Morgan fingerprint density at radius 1 is 1.41 bits per heavy atom. The first-order chi connectivity index (χ1) is 10.6. The predicted octanol–water partition coefficient (Wildman–Crippen LogP) is 1.65. The van der Waals surface area contributed by atoms with Crippen molar-refractivity contribution < 1.29 is 9.13 Å². The quantitative estimate of drug-likeness (QED) is 0.679. The maximum atomic E-state index is 12.4. The van der Waals surface area contributed by atoms with Crippen molar-refractivity contribution in [2.75, 3.05) is 18.8 Å². The van der Waals surface area contributed by atoms with Crippen molar-refractivity contribution in [1.29, 1.82) is 0 Å². The summed E-state index contributed by atoms with van der Waals surface area (Å²) in [6.45, 7) is 1.91. The van der Waals surface area contributed by atoms with Crippen LogP contribution in [0.15, 0.2) is 29.4 Å². The van der Waals surface area contributed by atoms with Crippen LogP contribution in [-0.4, -0.2) is 37.9 Å². The molecule has 1 aliphatic heterocycles. The van der Waals surface area contributed by atoms with Crippen LogP contribution in [0.2, 0.25) is 0 Å². The van der Waals surface area contributed by atoms with E-state index in [2.05, 4.69) is 15.3 Å². The Labute approximate surface area is 129 Å². The Balaban J connectivity index is 1.80. The molecule has 0 amide bonds. The Hall–Kier alpha value is -1.93. The maximum absolute atomic E-state index is 12.4. The Kier molecular flexibility index (Phi) is 4.39. The number of piperidine rings is 1. The van der Waals surface area contributed by atoms with Crippen LogP contribution in [0.5, 0.6) is 0 Å². The van der Waals surface area contributed by atoms with E-state index in [1.807, 2.05) is 0 Å². The van der Waals surface area contributed by atoms with E-state index in [4.69, 9.17) is 0 Å². The van der Waals surface area contributed by atoms with Crippen LogP contribution in [0.3, 0.4) is 0 Å². The van der Waals surface area contributed by atoms with E-state index in [-0.39, 0.29) is 5.69 Å². The monoisotopic (exact) mass is 320 g/mol. The van der Waals surface area contributed by atoms with Gasteiger partial charge in [0.2, 0.25) is 0 Å². The van der Waals surface area contributed by atoms with E-state index >= 15 is 0 Å². The van der Waals surface area contributed by atoms with Gasteiger partial charge in [-0.3, -0.25) is 19.3 Å². The van der Waals surface area contributed by atoms with Gasteiger partial charge in [0.25, 0.3) is 5.69 Å². The second-order valence-corrected chi connectivity index (χ2v) is 6.81. The average molecular weight is 320 g/mol. The van der Waals surface area contributed by atoms with Crippen molar-refractivity contribution in [3.05, 3.63) is 34.5 Å². The molecule has 116 valence electrons. The zero-order valence-electron chi connectivity index (χ0n) is 11.9. The molecule has 0 radical (unpaired) electrons. The molecule has 1 aliphatic rings. The number of rotatable bonds is 4. The molecule has 2 aromatic rings. The first-order valence-electron chi connectivity index (χ1n) is 7.14. The van der Waals surface area contributed by atoms with Gasteiger partial charge < -0.3 is 5.32 Å². The molecule has 1 aromatic carbocycles. The number of nitro groups is 1. The molecule has 22 heavy (non-hydrogen) atoms. The molecule has 8 heteroatoms. The van der Waals surface area contributed by atoms with Crippen molar-refractivity contribution in [2.45, 2.75) is 17.9 Å². The summed E-state index contributed by atoms with van der Waals surface area (Å²) in [5.41, 5.74) is 0.941. The number of benzene rings is 1. The van der Waals surface area contributed by atoms with E-state index in [1.165, 1.54) is 18.3 Å². The topological polar surface area (TPSA) is 98.0 Å². The molecule has 7 nitrogen and oxygen atoms in total. The van der Waals surface area contributed by atoms with Crippen molar-refractivity contribution in [3.8, 4) is 0 Å². The first kappa shape index (κ1) is 15.0. The molecular formula is C14H16N4O3S. The number of aromatic nitrogens is 2. The van der Waals surface area contributed by atoms with Crippen LogP contribution in [0.4, 0.5) is 5.69 Å². The molecule has 0 saturated carbocycles. The molecule has 0 aliphatic carbocycles. The van der Waals surface area contributed by atoms with E-state index in [1.54, 1.807) is 6.07 Å². The van der Waals surface area contributed by atoms with Crippen molar-refractivity contribution >= 4 is 27.5 Å². The van der Waals surface area contributed by atoms with Crippen molar-refractivity contribution in [2.24, 2.45) is 5.92 Å². The van der Waals surface area contributed by atoms with Crippen LogP contribution in [0, 0.1) is 16.0 Å². The molecule has 0 bridgehead atoms. The van der Waals surface area contributed by atoms with Gasteiger partial charge in [-0.25, -0.2) is 4.98 Å². The molecule has 1 saturated heterocycles. The molecule has 1 N–H and O–H groups in total. The predicted molar refractivity (Wildman–Crippen MR) is 83.1 cm³/mol. The largest absolute Gasteiger partial charge is 0.316 e. The number of non-ortho nitro benzene ring substituents is 1. The highest BCUT2D eigenvalue weighted by Gasteiger charge is 2.18. The third kappa shape index (κ3) is 3.28. The fraction of sp³-hybridized carbons (Fsp3) is 0.429. The van der Waals surface area contributed by atoms with E-state index in [9.17, 15) is 14.3 Å². The fourth-order valence-electron chi connectivity index (χ4n) is 2.57. The van der Waals surface area contributed by atoms with E-state index in [0.29, 0.717) is 27.7 Å². The van der Waals surface area contributed by atoms with Crippen LogP contribution >= 0.6 is 0 Å². The highest BCUT2D eigenvalue weighted by Crippen LogP contribution is 2.20. The molecule has 2 atom stereocenters. The number of hydrogen-bond donors (Lipinski definition) is 1. The van der Waals surface area contributed by atoms with Gasteiger partial charge in [-0.15, -0.1) is 0 Å². The summed E-state index contributed by atoms with van der Waals surface area (Å²) in [6, 6.07) is 4.30. The molecule has 3 rings (SSSR count). The van der Waals surface area contributed by atoms with Gasteiger partial charge in [0.1, 0.15) is 5.03 Å². The Morgan fingerprint density at radius 2 is 2.27 bits per heavy atom. The number of nitro benzene ring substituents is 1. The lowest BCUT2D eigenvalue weighted by Crippen LogP contribution is -2.32. The second-order valence-electron chi connectivity index (χ2n) is 5.36. The SMILES string of the molecule is O=[N+]([O-])c1ccc2nc([S@@](=O)C[C@@H]3CCCNC3)cnc2c1. The molecule has 0 unspecified atom stereocenters. The number of fused-ring (bicyclic) bond motifs is 1. The second kappa shape index (κ2) is 6.45. The minimum atomic E-state index is -1.20. The van der Waals surface area contributed by atoms with Crippen LogP contribution < -0.4 is 5.32 Å². The molecule has 0 spiro atoms. The summed E-state index contributed by atoms with van der Waals surface area (Å²) < 4.78 is 12.4. The lowest BCUT2D eigenvalue weighted by molar-refractivity contribution is -0.384. The maximum Gasteiger partial charge on any atom is 0.271 e. The number of hydrogen-bond acceptors (Lipinski definition) is 6. The molecule has 2 heterocycles. The third-order valence-electron chi connectivity index (χ3n) is 3.73. The normalized spacial score (nSPS) is 19.9. The smallest absolute Gasteiger partial charge is 0.271 e. The first-order valence-corrected chi connectivity index (χ1v) is 8.45. The van der Waals surface area contributed by atoms with E-state index < -0.39 is 15.7 Å². The summed E-state index contributed by atoms with van der Waals surface area (Å²) in [5.74, 6) is 0.962.